The highest BCUT2D eigenvalue weighted by atomic mass is 16.5. The first kappa shape index (κ1) is 16.7. The lowest BCUT2D eigenvalue weighted by Crippen LogP contribution is -2.09. The number of ether oxygens (including phenoxy) is 2. The molecule has 0 aromatic carbocycles. The van der Waals surface area contributed by atoms with Crippen LogP contribution in [0.15, 0.2) is 0 Å². The average molecular weight is 232 g/mol. The molecule has 0 fully saturated rings. The van der Waals surface area contributed by atoms with E-state index in [1.165, 1.54) is 28.1 Å². The van der Waals surface area contributed by atoms with E-state index in [2.05, 4.69) is 9.47 Å². The largest absolute Gasteiger partial charge is 0.469 e. The van der Waals surface area contributed by atoms with Crippen LogP contribution in [0.3, 0.4) is 0 Å². The Morgan fingerprint density at radius 2 is 1.06 bits per heavy atom. The molecule has 0 saturated carbocycles. The third-order valence-electron chi connectivity index (χ3n) is 1.24. The summed E-state index contributed by atoms with van der Waals surface area (Å²) in [5.74, 6) is -1.29. The van der Waals surface area contributed by atoms with Crippen molar-refractivity contribution in [2.75, 3.05) is 14.2 Å². The van der Waals surface area contributed by atoms with E-state index in [1.54, 1.807) is 0 Å². The zero-order valence-electron chi connectivity index (χ0n) is 9.86. The van der Waals surface area contributed by atoms with Gasteiger partial charge in [0.05, 0.1) is 20.6 Å². The second-order valence-corrected chi connectivity index (χ2v) is 2.91. The van der Waals surface area contributed by atoms with Crippen LogP contribution < -0.4 is 0 Å². The first-order valence-electron chi connectivity index (χ1n) is 4.46. The van der Waals surface area contributed by atoms with Crippen molar-refractivity contribution in [3.8, 4) is 0 Å². The van der Waals surface area contributed by atoms with Gasteiger partial charge in [-0.15, -0.1) is 0 Å². The summed E-state index contributed by atoms with van der Waals surface area (Å²) in [7, 11) is 2.43. The minimum atomic E-state index is -0.582. The van der Waals surface area contributed by atoms with Gasteiger partial charge in [0.15, 0.2) is 0 Å². The lowest BCUT2D eigenvalue weighted by molar-refractivity contribution is -0.151. The SMILES string of the molecule is CC(=O)CC(C)=O.COC(=O)CC(=O)OC. The van der Waals surface area contributed by atoms with Gasteiger partial charge in [-0.25, -0.2) is 0 Å². The minimum Gasteiger partial charge on any atom is -0.469 e. The molecule has 0 unspecified atom stereocenters. The third-order valence-corrected chi connectivity index (χ3v) is 1.24. The van der Waals surface area contributed by atoms with E-state index in [-0.39, 0.29) is 24.4 Å². The Hall–Kier alpha value is -1.72. The second-order valence-electron chi connectivity index (χ2n) is 2.91. The Morgan fingerprint density at radius 3 is 1.19 bits per heavy atom. The fourth-order valence-corrected chi connectivity index (χ4v) is 0.613. The molecule has 0 bridgehead atoms. The number of esters is 2. The van der Waals surface area contributed by atoms with Crippen molar-refractivity contribution in [2.24, 2.45) is 0 Å². The van der Waals surface area contributed by atoms with Gasteiger partial charge in [0.1, 0.15) is 18.0 Å². The molecule has 0 aliphatic carbocycles. The number of Topliss-reactive ketones (excluding diaryl/α,β-unsaturated/α-hetero) is 2. The molecule has 0 radical (unpaired) electrons. The van der Waals surface area contributed by atoms with Crippen LogP contribution in [0.1, 0.15) is 26.7 Å². The van der Waals surface area contributed by atoms with Gasteiger partial charge in [-0.1, -0.05) is 0 Å². The predicted octanol–water partition coefficient (Wildman–Crippen LogP) is 0.277. The Balaban J connectivity index is 0. The summed E-state index contributed by atoms with van der Waals surface area (Å²) in [4.78, 5) is 40.6. The highest BCUT2D eigenvalue weighted by Gasteiger charge is 2.07. The lowest BCUT2D eigenvalue weighted by atomic mass is 10.2. The Morgan fingerprint density at radius 1 is 0.750 bits per heavy atom. The van der Waals surface area contributed by atoms with E-state index in [4.69, 9.17) is 0 Å². The number of carbonyl (C=O) groups is 4. The first-order valence-corrected chi connectivity index (χ1v) is 4.46. The monoisotopic (exact) mass is 232 g/mol. The fraction of sp³-hybridized carbons (Fsp3) is 0.600. The maximum atomic E-state index is 10.3. The smallest absolute Gasteiger partial charge is 0.316 e. The molecule has 0 aromatic heterocycles. The van der Waals surface area contributed by atoms with Gasteiger partial charge < -0.3 is 9.47 Å². The summed E-state index contributed by atoms with van der Waals surface area (Å²) in [6.45, 7) is 2.81. The molecule has 0 rings (SSSR count). The van der Waals surface area contributed by atoms with E-state index >= 15 is 0 Å². The predicted molar refractivity (Wildman–Crippen MR) is 54.6 cm³/mol. The summed E-state index contributed by atoms with van der Waals surface area (Å²) < 4.78 is 8.37. The van der Waals surface area contributed by atoms with Crippen LogP contribution in [-0.4, -0.2) is 37.7 Å². The molecule has 0 aliphatic rings. The summed E-state index contributed by atoms with van der Waals surface area (Å²) in [6.07, 6.45) is -0.229. The maximum Gasteiger partial charge on any atom is 0.316 e. The Labute approximate surface area is 93.9 Å². The molecule has 0 spiro atoms. The van der Waals surface area contributed by atoms with Gasteiger partial charge in [-0.05, 0) is 13.8 Å². The minimum absolute atomic E-state index is 0.0625. The number of ketones is 2. The van der Waals surface area contributed by atoms with Crippen LogP contribution in [0.25, 0.3) is 0 Å². The molecule has 0 aliphatic heterocycles. The van der Waals surface area contributed by atoms with Gasteiger partial charge in [-0.2, -0.15) is 0 Å². The van der Waals surface area contributed by atoms with Crippen molar-refractivity contribution in [1.82, 2.24) is 0 Å². The average Bonchev–Trinajstić information content (AvgIpc) is 2.16. The molecule has 0 saturated heterocycles. The number of methoxy groups -OCH3 is 2. The van der Waals surface area contributed by atoms with Crippen LogP contribution >= 0.6 is 0 Å². The fourth-order valence-electron chi connectivity index (χ4n) is 0.613. The summed E-state index contributed by atoms with van der Waals surface area (Å²) in [5, 5.41) is 0. The molecular formula is C10H16O6. The molecule has 6 heteroatoms. The molecule has 0 aromatic rings. The van der Waals surface area contributed by atoms with Crippen LogP contribution in [0.2, 0.25) is 0 Å². The summed E-state index contributed by atoms with van der Waals surface area (Å²) in [5.41, 5.74) is 0. The third kappa shape index (κ3) is 14.8. The van der Waals surface area contributed by atoms with Crippen molar-refractivity contribution in [2.45, 2.75) is 26.7 Å². The van der Waals surface area contributed by atoms with Crippen LogP contribution in [0.5, 0.6) is 0 Å². The first-order chi connectivity index (χ1) is 7.33. The van der Waals surface area contributed by atoms with E-state index in [0.717, 1.165) is 0 Å². The van der Waals surface area contributed by atoms with Crippen molar-refractivity contribution in [3.05, 3.63) is 0 Å². The second kappa shape index (κ2) is 9.82. The van der Waals surface area contributed by atoms with Crippen LogP contribution in [0.4, 0.5) is 0 Å². The Kier molecular flexibility index (Phi) is 10.3. The number of rotatable bonds is 4. The number of carbonyl (C=O) groups excluding carboxylic acids is 4. The molecule has 0 amide bonds. The Bertz CT molecular complexity index is 242. The normalized spacial score (nSPS) is 8.25. The van der Waals surface area contributed by atoms with Crippen molar-refractivity contribution in [1.29, 1.82) is 0 Å². The van der Waals surface area contributed by atoms with E-state index in [0.29, 0.717) is 0 Å². The zero-order valence-corrected chi connectivity index (χ0v) is 9.86. The quantitative estimate of drug-likeness (QED) is 0.511. The van der Waals surface area contributed by atoms with Crippen molar-refractivity contribution in [3.63, 3.8) is 0 Å². The maximum absolute atomic E-state index is 10.3. The van der Waals surface area contributed by atoms with Gasteiger partial charge in [0, 0.05) is 0 Å². The summed E-state index contributed by atoms with van der Waals surface area (Å²) in [6, 6.07) is 0. The zero-order chi connectivity index (χ0) is 13.1. The highest BCUT2D eigenvalue weighted by Crippen LogP contribution is 1.85. The van der Waals surface area contributed by atoms with E-state index in [9.17, 15) is 19.2 Å². The van der Waals surface area contributed by atoms with Crippen LogP contribution in [-0.2, 0) is 28.7 Å². The van der Waals surface area contributed by atoms with Crippen molar-refractivity contribution >= 4 is 23.5 Å². The molecule has 6 nitrogen and oxygen atoms in total. The lowest BCUT2D eigenvalue weighted by Gasteiger charge is -1.95. The molecule has 0 heterocycles. The van der Waals surface area contributed by atoms with Gasteiger partial charge in [-0.3, -0.25) is 19.2 Å². The topological polar surface area (TPSA) is 86.7 Å². The molecule has 0 atom stereocenters. The van der Waals surface area contributed by atoms with Gasteiger partial charge in [0.2, 0.25) is 0 Å². The molecular weight excluding hydrogens is 216 g/mol. The van der Waals surface area contributed by atoms with Crippen molar-refractivity contribution < 1.29 is 28.7 Å². The number of hydrogen-bond donors (Lipinski definition) is 0. The molecule has 92 valence electrons. The number of hydrogen-bond acceptors (Lipinski definition) is 6. The van der Waals surface area contributed by atoms with E-state index in [1.807, 2.05) is 0 Å². The highest BCUT2D eigenvalue weighted by molar-refractivity contribution is 5.96. The van der Waals surface area contributed by atoms with Gasteiger partial charge >= 0.3 is 11.9 Å². The molecule has 0 N–H and O–H groups in total. The standard InChI is InChI=1S/C5H8O4.C5H8O2/c1-8-4(6)3-5(7)9-2;1-4(6)3-5(2)7/h3H2,1-2H3;3H2,1-2H3. The summed E-state index contributed by atoms with van der Waals surface area (Å²) >= 11 is 0. The van der Waals surface area contributed by atoms with E-state index < -0.39 is 11.9 Å². The molecule has 16 heavy (non-hydrogen) atoms. The van der Waals surface area contributed by atoms with Crippen LogP contribution in [0, 0.1) is 0 Å². The van der Waals surface area contributed by atoms with Gasteiger partial charge in [0.25, 0.3) is 0 Å².